The fourth-order valence-electron chi connectivity index (χ4n) is 1.85. The number of nitrogens with zero attached hydrogens (tertiary/aromatic N) is 1. The van der Waals surface area contributed by atoms with Crippen LogP contribution in [-0.4, -0.2) is 24.1 Å². The van der Waals surface area contributed by atoms with Gasteiger partial charge in [-0.05, 0) is 18.6 Å². The van der Waals surface area contributed by atoms with Crippen molar-refractivity contribution >= 4 is 23.3 Å². The molecule has 16 heavy (non-hydrogen) atoms. The first-order valence-electron chi connectivity index (χ1n) is 4.84. The third-order valence-electron chi connectivity index (χ3n) is 2.64. The zero-order chi connectivity index (χ0) is 11.7. The summed E-state index contributed by atoms with van der Waals surface area (Å²) in [6.07, 6.45) is 0.123. The van der Waals surface area contributed by atoms with Crippen molar-refractivity contribution in [1.29, 1.82) is 0 Å². The second-order valence-electron chi connectivity index (χ2n) is 3.45. The summed E-state index contributed by atoms with van der Waals surface area (Å²) in [5, 5.41) is 0.884. The topological polar surface area (TPSA) is 48.3 Å². The van der Waals surface area contributed by atoms with Gasteiger partial charge in [0.25, 0.3) is 0 Å². The van der Waals surface area contributed by atoms with Crippen LogP contribution in [0, 0.1) is 6.92 Å². The minimum atomic E-state index is -0.550. The Labute approximate surface area is 92.4 Å². The van der Waals surface area contributed by atoms with Crippen molar-refractivity contribution in [3.8, 4) is 0 Å². The lowest BCUT2D eigenvalue weighted by Gasteiger charge is -2.03. The first kappa shape index (κ1) is 10.4. The zero-order valence-electron chi connectivity index (χ0n) is 9.06. The van der Waals surface area contributed by atoms with Crippen LogP contribution < -0.4 is 0 Å². The van der Waals surface area contributed by atoms with E-state index in [9.17, 15) is 9.59 Å². The van der Waals surface area contributed by atoms with E-state index in [0.29, 0.717) is 17.5 Å². The van der Waals surface area contributed by atoms with Crippen LogP contribution in [0.4, 0.5) is 4.79 Å². The summed E-state index contributed by atoms with van der Waals surface area (Å²) >= 11 is 0. The third-order valence-corrected chi connectivity index (χ3v) is 2.64. The van der Waals surface area contributed by atoms with Gasteiger partial charge in [0.05, 0.1) is 18.3 Å². The van der Waals surface area contributed by atoms with Gasteiger partial charge in [0.1, 0.15) is 0 Å². The van der Waals surface area contributed by atoms with Crippen LogP contribution in [0.25, 0.3) is 10.9 Å². The number of carbonyl (C=O) groups is 2. The first-order chi connectivity index (χ1) is 7.70. The Kier molecular flexibility index (Phi) is 2.48. The highest BCUT2D eigenvalue weighted by atomic mass is 16.5. The minimum Gasteiger partial charge on any atom is -0.452 e. The molecule has 1 aromatic heterocycles. The van der Waals surface area contributed by atoms with E-state index in [4.69, 9.17) is 0 Å². The van der Waals surface area contributed by atoms with Gasteiger partial charge in [-0.1, -0.05) is 18.2 Å². The van der Waals surface area contributed by atoms with Gasteiger partial charge in [-0.15, -0.1) is 0 Å². The molecular formula is C12H11NO3. The van der Waals surface area contributed by atoms with E-state index in [1.165, 1.54) is 11.7 Å². The Balaban J connectivity index is 2.88. The molecular weight excluding hydrogens is 206 g/mol. The molecule has 0 aliphatic carbocycles. The summed E-state index contributed by atoms with van der Waals surface area (Å²) in [5.74, 6) is 0. The van der Waals surface area contributed by atoms with Gasteiger partial charge >= 0.3 is 6.09 Å². The molecule has 0 aliphatic rings. The largest absolute Gasteiger partial charge is 0.452 e. The van der Waals surface area contributed by atoms with Gasteiger partial charge < -0.3 is 4.74 Å². The Morgan fingerprint density at radius 1 is 1.38 bits per heavy atom. The molecule has 0 aliphatic heterocycles. The third kappa shape index (κ3) is 1.31. The smallest absolute Gasteiger partial charge is 0.418 e. The summed E-state index contributed by atoms with van der Waals surface area (Å²) < 4.78 is 5.95. The highest BCUT2D eigenvalue weighted by Gasteiger charge is 2.18. The molecule has 0 spiro atoms. The highest BCUT2D eigenvalue weighted by molar-refractivity contribution is 5.99. The quantitative estimate of drug-likeness (QED) is 0.689. The number of aldehydes is 1. The monoisotopic (exact) mass is 217 g/mol. The van der Waals surface area contributed by atoms with Crippen LogP contribution in [0.5, 0.6) is 0 Å². The molecule has 0 N–H and O–H groups in total. The Morgan fingerprint density at radius 2 is 2.06 bits per heavy atom. The van der Waals surface area contributed by atoms with Crippen LogP contribution in [0.3, 0.4) is 0 Å². The van der Waals surface area contributed by atoms with Gasteiger partial charge in [-0.2, -0.15) is 0 Å². The lowest BCUT2D eigenvalue weighted by Crippen LogP contribution is -2.14. The molecule has 2 aromatic rings. The van der Waals surface area contributed by atoms with Gasteiger partial charge in [0.2, 0.25) is 0 Å². The molecule has 1 heterocycles. The van der Waals surface area contributed by atoms with Gasteiger partial charge in [-0.3, -0.25) is 4.79 Å². The first-order valence-corrected chi connectivity index (χ1v) is 4.84. The predicted octanol–water partition coefficient (Wildman–Crippen LogP) is 2.38. The standard InChI is InChI=1S/C12H11NO3/c1-8-9-5-3-4-6-10(9)13(11(8)7-14)12(15)16-2/h3-7H,1-2H3. The Morgan fingerprint density at radius 3 is 2.69 bits per heavy atom. The lowest BCUT2D eigenvalue weighted by atomic mass is 10.2. The number of aryl methyl sites for hydroxylation is 1. The number of aromatic nitrogens is 1. The van der Waals surface area contributed by atoms with Crippen LogP contribution in [0.1, 0.15) is 16.1 Å². The highest BCUT2D eigenvalue weighted by Crippen LogP contribution is 2.24. The minimum absolute atomic E-state index is 0.341. The maximum Gasteiger partial charge on any atom is 0.418 e. The van der Waals surface area contributed by atoms with Crippen molar-refractivity contribution in [3.63, 3.8) is 0 Å². The number of ether oxygens (including phenoxy) is 1. The van der Waals surface area contributed by atoms with E-state index in [2.05, 4.69) is 4.74 Å². The second-order valence-corrected chi connectivity index (χ2v) is 3.45. The molecule has 4 heteroatoms. The number of rotatable bonds is 1. The molecule has 82 valence electrons. The summed E-state index contributed by atoms with van der Waals surface area (Å²) in [5.41, 5.74) is 1.82. The van der Waals surface area contributed by atoms with Crippen molar-refractivity contribution in [2.24, 2.45) is 0 Å². The summed E-state index contributed by atoms with van der Waals surface area (Å²) in [6.45, 7) is 1.81. The molecule has 0 saturated carbocycles. The molecule has 0 unspecified atom stereocenters. The molecule has 0 bridgehead atoms. The van der Waals surface area contributed by atoms with E-state index >= 15 is 0 Å². The van der Waals surface area contributed by atoms with E-state index in [0.717, 1.165) is 10.9 Å². The van der Waals surface area contributed by atoms with Crippen molar-refractivity contribution in [1.82, 2.24) is 4.57 Å². The molecule has 1 aromatic carbocycles. The molecule has 2 rings (SSSR count). The molecule has 0 radical (unpaired) electrons. The van der Waals surface area contributed by atoms with Crippen LogP contribution in [-0.2, 0) is 4.74 Å². The SMILES string of the molecule is COC(=O)n1c(C=O)c(C)c2ccccc21. The lowest BCUT2D eigenvalue weighted by molar-refractivity contribution is 0.111. The normalized spacial score (nSPS) is 10.4. The van der Waals surface area contributed by atoms with Gasteiger partial charge in [0.15, 0.2) is 6.29 Å². The number of hydrogen-bond acceptors (Lipinski definition) is 3. The average molecular weight is 217 g/mol. The van der Waals surface area contributed by atoms with E-state index in [-0.39, 0.29) is 0 Å². The molecule has 0 saturated heterocycles. The molecule has 0 fully saturated rings. The average Bonchev–Trinajstić information content (AvgIpc) is 2.62. The second kappa shape index (κ2) is 3.81. The van der Waals surface area contributed by atoms with Crippen molar-refractivity contribution in [2.75, 3.05) is 7.11 Å². The van der Waals surface area contributed by atoms with Crippen LogP contribution in [0.15, 0.2) is 24.3 Å². The molecule has 0 atom stereocenters. The van der Waals surface area contributed by atoms with Crippen molar-refractivity contribution in [2.45, 2.75) is 6.92 Å². The number of fused-ring (bicyclic) bond motifs is 1. The number of methoxy groups -OCH3 is 1. The van der Waals surface area contributed by atoms with Crippen molar-refractivity contribution in [3.05, 3.63) is 35.5 Å². The number of para-hydroxylation sites is 1. The maximum absolute atomic E-state index is 11.6. The molecule has 0 amide bonds. The van der Waals surface area contributed by atoms with Crippen molar-refractivity contribution < 1.29 is 14.3 Å². The summed E-state index contributed by atoms with van der Waals surface area (Å²) in [7, 11) is 1.29. The van der Waals surface area contributed by atoms with Crippen LogP contribution in [0.2, 0.25) is 0 Å². The fourth-order valence-corrected chi connectivity index (χ4v) is 1.85. The molecule has 4 nitrogen and oxygen atoms in total. The van der Waals surface area contributed by atoms with E-state index in [1.807, 2.05) is 25.1 Å². The van der Waals surface area contributed by atoms with E-state index in [1.54, 1.807) is 6.07 Å². The summed E-state index contributed by atoms with van der Waals surface area (Å²) in [6, 6.07) is 7.34. The number of carbonyl (C=O) groups excluding carboxylic acids is 2. The van der Waals surface area contributed by atoms with Gasteiger partial charge in [0, 0.05) is 5.39 Å². The fraction of sp³-hybridized carbons (Fsp3) is 0.167. The maximum atomic E-state index is 11.6. The predicted molar refractivity (Wildman–Crippen MR) is 59.9 cm³/mol. The summed E-state index contributed by atoms with van der Waals surface area (Å²) in [4.78, 5) is 22.6. The van der Waals surface area contributed by atoms with Crippen LogP contribution >= 0.6 is 0 Å². The Bertz CT molecular complexity index is 569. The van der Waals surface area contributed by atoms with Gasteiger partial charge in [-0.25, -0.2) is 9.36 Å². The number of hydrogen-bond donors (Lipinski definition) is 0. The van der Waals surface area contributed by atoms with E-state index < -0.39 is 6.09 Å². The zero-order valence-corrected chi connectivity index (χ0v) is 9.06. The Hall–Kier alpha value is -2.10. The number of benzene rings is 1.